The number of anilines is 1. The number of urea groups is 1. The van der Waals surface area contributed by atoms with Gasteiger partial charge in [-0.3, -0.25) is 10.1 Å². The maximum Gasteiger partial charge on any atom is 0.321 e. The predicted molar refractivity (Wildman–Crippen MR) is 71.6 cm³/mol. The monoisotopic (exact) mass is 270 g/mol. The van der Waals surface area contributed by atoms with Crippen LogP contribution in [0.5, 0.6) is 0 Å². The molecule has 3 amide bonds. The molecule has 0 radical (unpaired) electrons. The first kappa shape index (κ1) is 14.4. The molecule has 0 aliphatic heterocycles. The summed E-state index contributed by atoms with van der Waals surface area (Å²) in [4.78, 5) is 26.7. The van der Waals surface area contributed by atoms with E-state index in [1.165, 1.54) is 11.3 Å². The fourth-order valence-corrected chi connectivity index (χ4v) is 1.69. The Kier molecular flexibility index (Phi) is 6.13. The van der Waals surface area contributed by atoms with Gasteiger partial charge in [0.25, 0.3) is 0 Å². The minimum Gasteiger partial charge on any atom is -0.354 e. The van der Waals surface area contributed by atoms with Gasteiger partial charge in [-0.05, 0) is 13.3 Å². The number of aromatic nitrogens is 1. The van der Waals surface area contributed by atoms with Crippen LogP contribution in [0.4, 0.5) is 9.93 Å². The Morgan fingerprint density at radius 3 is 2.89 bits per heavy atom. The largest absolute Gasteiger partial charge is 0.354 e. The van der Waals surface area contributed by atoms with E-state index in [1.54, 1.807) is 11.6 Å². The van der Waals surface area contributed by atoms with E-state index in [2.05, 4.69) is 20.9 Å². The molecule has 1 aromatic heterocycles. The quantitative estimate of drug-likeness (QED) is 0.733. The van der Waals surface area contributed by atoms with Gasteiger partial charge >= 0.3 is 6.03 Å². The number of hydrogen-bond donors (Lipinski definition) is 3. The Bertz CT molecular complexity index is 380. The molecule has 0 spiro atoms. The predicted octanol–water partition coefficient (Wildman–Crippen LogP) is 1.57. The van der Waals surface area contributed by atoms with Gasteiger partial charge in [0.15, 0.2) is 5.13 Å². The normalized spacial score (nSPS) is 11.7. The fourth-order valence-electron chi connectivity index (χ4n) is 1.17. The number of nitrogens with zero attached hydrogens (tertiary/aromatic N) is 1. The molecule has 6 nitrogen and oxygen atoms in total. The lowest BCUT2D eigenvalue weighted by atomic mass is 10.2. The van der Waals surface area contributed by atoms with Crippen LogP contribution in [0.2, 0.25) is 0 Å². The highest BCUT2D eigenvalue weighted by Gasteiger charge is 2.07. The molecule has 1 aromatic rings. The van der Waals surface area contributed by atoms with Crippen molar-refractivity contribution in [3.05, 3.63) is 11.6 Å². The highest BCUT2D eigenvalue weighted by molar-refractivity contribution is 7.13. The van der Waals surface area contributed by atoms with Crippen LogP contribution in [-0.2, 0) is 4.79 Å². The van der Waals surface area contributed by atoms with E-state index < -0.39 is 0 Å². The van der Waals surface area contributed by atoms with Gasteiger partial charge in [-0.25, -0.2) is 9.78 Å². The molecule has 0 saturated carbocycles. The number of amides is 3. The lowest BCUT2D eigenvalue weighted by molar-refractivity contribution is -0.121. The number of hydrogen-bond acceptors (Lipinski definition) is 4. The van der Waals surface area contributed by atoms with E-state index in [1.807, 2.05) is 13.8 Å². The van der Waals surface area contributed by atoms with Gasteiger partial charge in [-0.15, -0.1) is 11.3 Å². The molecule has 1 atom stereocenters. The SMILES string of the molecule is CCC(C)NC(=O)CCNC(=O)Nc1nccs1. The second-order valence-electron chi connectivity index (χ2n) is 3.84. The molecule has 1 rings (SSSR count). The molecular weight excluding hydrogens is 252 g/mol. The lowest BCUT2D eigenvalue weighted by Gasteiger charge is -2.11. The summed E-state index contributed by atoms with van der Waals surface area (Å²) >= 11 is 1.34. The zero-order chi connectivity index (χ0) is 13.4. The van der Waals surface area contributed by atoms with Crippen molar-refractivity contribution in [2.75, 3.05) is 11.9 Å². The maximum absolute atomic E-state index is 11.4. The van der Waals surface area contributed by atoms with E-state index in [4.69, 9.17) is 0 Å². The molecule has 0 saturated heterocycles. The number of rotatable bonds is 6. The summed E-state index contributed by atoms with van der Waals surface area (Å²) in [7, 11) is 0. The number of carbonyl (C=O) groups is 2. The van der Waals surface area contributed by atoms with E-state index in [-0.39, 0.29) is 24.4 Å². The second kappa shape index (κ2) is 7.65. The van der Waals surface area contributed by atoms with Crippen LogP contribution in [0.15, 0.2) is 11.6 Å². The Labute approximate surface area is 110 Å². The Balaban J connectivity index is 2.13. The van der Waals surface area contributed by atoms with Crippen LogP contribution in [0.1, 0.15) is 26.7 Å². The summed E-state index contributed by atoms with van der Waals surface area (Å²) in [6.07, 6.45) is 2.78. The third kappa shape index (κ3) is 5.62. The average molecular weight is 270 g/mol. The molecule has 0 bridgehead atoms. The molecule has 3 N–H and O–H groups in total. The number of nitrogens with one attached hydrogen (secondary N) is 3. The van der Waals surface area contributed by atoms with Crippen molar-refractivity contribution >= 4 is 28.4 Å². The molecule has 0 aliphatic rings. The van der Waals surface area contributed by atoms with Gasteiger partial charge in [0.1, 0.15) is 0 Å². The molecule has 18 heavy (non-hydrogen) atoms. The summed E-state index contributed by atoms with van der Waals surface area (Å²) < 4.78 is 0. The molecule has 1 heterocycles. The van der Waals surface area contributed by atoms with Crippen LogP contribution in [0.3, 0.4) is 0 Å². The molecule has 0 fully saturated rings. The van der Waals surface area contributed by atoms with Gasteiger partial charge in [-0.2, -0.15) is 0 Å². The summed E-state index contributed by atoms with van der Waals surface area (Å²) in [5, 5.41) is 10.3. The van der Waals surface area contributed by atoms with E-state index >= 15 is 0 Å². The van der Waals surface area contributed by atoms with Crippen molar-refractivity contribution < 1.29 is 9.59 Å². The van der Waals surface area contributed by atoms with Crippen molar-refractivity contribution in [2.45, 2.75) is 32.7 Å². The van der Waals surface area contributed by atoms with Crippen molar-refractivity contribution in [1.82, 2.24) is 15.6 Å². The van der Waals surface area contributed by atoms with E-state index in [0.717, 1.165) is 6.42 Å². The van der Waals surface area contributed by atoms with Crippen molar-refractivity contribution in [1.29, 1.82) is 0 Å². The third-order valence-electron chi connectivity index (χ3n) is 2.31. The molecule has 0 aromatic carbocycles. The molecule has 100 valence electrons. The topological polar surface area (TPSA) is 83.1 Å². The van der Waals surface area contributed by atoms with Crippen LogP contribution < -0.4 is 16.0 Å². The van der Waals surface area contributed by atoms with Gasteiger partial charge in [-0.1, -0.05) is 6.92 Å². The highest BCUT2D eigenvalue weighted by atomic mass is 32.1. The second-order valence-corrected chi connectivity index (χ2v) is 4.74. The number of thiazole rings is 1. The summed E-state index contributed by atoms with van der Waals surface area (Å²) in [5.41, 5.74) is 0. The Hall–Kier alpha value is -1.63. The van der Waals surface area contributed by atoms with Crippen molar-refractivity contribution in [3.8, 4) is 0 Å². The fraction of sp³-hybridized carbons (Fsp3) is 0.545. The zero-order valence-electron chi connectivity index (χ0n) is 10.5. The van der Waals surface area contributed by atoms with Crippen LogP contribution in [-0.4, -0.2) is 29.5 Å². The van der Waals surface area contributed by atoms with Gasteiger partial charge in [0.2, 0.25) is 5.91 Å². The standard InChI is InChI=1S/C11H18N4O2S/c1-3-8(2)14-9(16)4-5-12-10(17)15-11-13-6-7-18-11/h6-8H,3-5H2,1-2H3,(H,14,16)(H2,12,13,15,17). The van der Waals surface area contributed by atoms with Gasteiger partial charge in [0.05, 0.1) is 0 Å². The number of carbonyl (C=O) groups excluding carboxylic acids is 2. The van der Waals surface area contributed by atoms with Crippen LogP contribution in [0.25, 0.3) is 0 Å². The first-order valence-corrected chi connectivity index (χ1v) is 6.73. The Morgan fingerprint density at radius 1 is 1.50 bits per heavy atom. The van der Waals surface area contributed by atoms with Crippen LogP contribution >= 0.6 is 11.3 Å². The van der Waals surface area contributed by atoms with Crippen LogP contribution in [0, 0.1) is 0 Å². The first-order valence-electron chi connectivity index (χ1n) is 5.85. The van der Waals surface area contributed by atoms with Crippen molar-refractivity contribution in [2.24, 2.45) is 0 Å². The molecular formula is C11H18N4O2S. The average Bonchev–Trinajstić information content (AvgIpc) is 2.81. The minimum absolute atomic E-state index is 0.0566. The summed E-state index contributed by atoms with van der Waals surface area (Å²) in [5.74, 6) is -0.0566. The highest BCUT2D eigenvalue weighted by Crippen LogP contribution is 2.09. The molecule has 7 heteroatoms. The summed E-state index contributed by atoms with van der Waals surface area (Å²) in [6, 6.07) is -0.178. The minimum atomic E-state index is -0.346. The Morgan fingerprint density at radius 2 is 2.28 bits per heavy atom. The smallest absolute Gasteiger partial charge is 0.321 e. The lowest BCUT2D eigenvalue weighted by Crippen LogP contribution is -2.36. The van der Waals surface area contributed by atoms with Crippen molar-refractivity contribution in [3.63, 3.8) is 0 Å². The first-order chi connectivity index (χ1) is 8.61. The van der Waals surface area contributed by atoms with E-state index in [0.29, 0.717) is 11.7 Å². The third-order valence-corrected chi connectivity index (χ3v) is 3.00. The summed E-state index contributed by atoms with van der Waals surface area (Å²) in [6.45, 7) is 4.25. The van der Waals surface area contributed by atoms with Gasteiger partial charge < -0.3 is 10.6 Å². The molecule has 1 unspecified atom stereocenters. The maximum atomic E-state index is 11.4. The molecule has 0 aliphatic carbocycles. The van der Waals surface area contributed by atoms with E-state index in [9.17, 15) is 9.59 Å². The zero-order valence-corrected chi connectivity index (χ0v) is 11.3. The van der Waals surface area contributed by atoms with Gasteiger partial charge in [0, 0.05) is 30.6 Å².